The van der Waals surface area contributed by atoms with Crippen molar-refractivity contribution in [2.75, 3.05) is 6.54 Å². The number of rotatable bonds is 8. The summed E-state index contributed by atoms with van der Waals surface area (Å²) in [5.74, 6) is -1.80. The third kappa shape index (κ3) is 8.90. The lowest BCUT2D eigenvalue weighted by atomic mass is 10.1. The van der Waals surface area contributed by atoms with Crippen LogP contribution in [0.15, 0.2) is 0 Å². The minimum atomic E-state index is -0.984. The van der Waals surface area contributed by atoms with Gasteiger partial charge in [0.15, 0.2) is 0 Å². The van der Waals surface area contributed by atoms with Gasteiger partial charge in [0.25, 0.3) is 0 Å². The summed E-state index contributed by atoms with van der Waals surface area (Å²) >= 11 is 0. The van der Waals surface area contributed by atoms with E-state index in [9.17, 15) is 19.2 Å². The summed E-state index contributed by atoms with van der Waals surface area (Å²) < 4.78 is 5.14. The van der Waals surface area contributed by atoms with E-state index < -0.39 is 29.4 Å². The van der Waals surface area contributed by atoms with Gasteiger partial charge < -0.3 is 21.1 Å². The van der Waals surface area contributed by atoms with Gasteiger partial charge in [0.05, 0.1) is 6.54 Å². The van der Waals surface area contributed by atoms with Crippen molar-refractivity contribution < 1.29 is 23.9 Å². The zero-order valence-corrected chi connectivity index (χ0v) is 11.9. The van der Waals surface area contributed by atoms with E-state index in [-0.39, 0.29) is 19.4 Å². The molecule has 8 nitrogen and oxygen atoms in total. The van der Waals surface area contributed by atoms with Crippen LogP contribution in [0.4, 0.5) is 0 Å². The van der Waals surface area contributed by atoms with Crippen molar-refractivity contribution in [3.63, 3.8) is 0 Å². The fraction of sp³-hybridized carbons (Fsp3) is 0.667. The van der Waals surface area contributed by atoms with Crippen LogP contribution in [0.25, 0.3) is 0 Å². The highest BCUT2D eigenvalue weighted by Gasteiger charge is 2.26. The number of carbonyl (C=O) groups excluding carboxylic acids is 4. The lowest BCUT2D eigenvalue weighted by molar-refractivity contribution is -0.158. The van der Waals surface area contributed by atoms with E-state index in [1.807, 2.05) is 0 Å². The van der Waals surface area contributed by atoms with E-state index in [2.05, 4.69) is 10.6 Å². The summed E-state index contributed by atoms with van der Waals surface area (Å²) in [6.07, 6.45) is 0.341. The molecule has 0 spiro atoms. The SMILES string of the molecule is CC(C)(C)OC(=O)C(CCC(N)=O)NC(=O)CNC=O. The van der Waals surface area contributed by atoms with Crippen LogP contribution in [0.5, 0.6) is 0 Å². The molecule has 1 unspecified atom stereocenters. The first-order valence-corrected chi connectivity index (χ1v) is 6.13. The zero-order valence-electron chi connectivity index (χ0n) is 11.9. The number of nitrogens with two attached hydrogens (primary N) is 1. The highest BCUT2D eigenvalue weighted by molar-refractivity contribution is 5.87. The number of ether oxygens (including phenoxy) is 1. The Bertz CT molecular complexity index is 376. The van der Waals surface area contributed by atoms with Gasteiger partial charge in [0, 0.05) is 6.42 Å². The maximum absolute atomic E-state index is 11.9. The number of nitrogens with one attached hydrogen (secondary N) is 2. The molecule has 0 heterocycles. The maximum Gasteiger partial charge on any atom is 0.329 e. The third-order valence-electron chi connectivity index (χ3n) is 2.05. The first kappa shape index (κ1) is 17.9. The molecule has 4 N–H and O–H groups in total. The molecule has 0 aliphatic heterocycles. The van der Waals surface area contributed by atoms with E-state index in [0.29, 0.717) is 6.41 Å². The van der Waals surface area contributed by atoms with Gasteiger partial charge >= 0.3 is 5.97 Å². The van der Waals surface area contributed by atoms with Gasteiger partial charge in [-0.15, -0.1) is 0 Å². The van der Waals surface area contributed by atoms with Gasteiger partial charge in [-0.05, 0) is 27.2 Å². The lowest BCUT2D eigenvalue weighted by Crippen LogP contribution is -2.47. The van der Waals surface area contributed by atoms with E-state index in [1.165, 1.54) is 0 Å². The fourth-order valence-electron chi connectivity index (χ4n) is 1.29. The quantitative estimate of drug-likeness (QED) is 0.382. The molecular formula is C12H21N3O5. The number of primary amides is 1. The van der Waals surface area contributed by atoms with Crippen LogP contribution < -0.4 is 16.4 Å². The number of hydrogen-bond acceptors (Lipinski definition) is 5. The van der Waals surface area contributed by atoms with Gasteiger partial charge in [-0.3, -0.25) is 14.4 Å². The maximum atomic E-state index is 11.9. The Hall–Kier alpha value is -2.12. The molecule has 8 heteroatoms. The molecule has 3 amide bonds. The molecule has 0 aliphatic carbocycles. The first-order chi connectivity index (χ1) is 9.15. The highest BCUT2D eigenvalue weighted by atomic mass is 16.6. The summed E-state index contributed by atoms with van der Waals surface area (Å²) in [4.78, 5) is 44.2. The third-order valence-corrected chi connectivity index (χ3v) is 2.05. The molecule has 20 heavy (non-hydrogen) atoms. The van der Waals surface area contributed by atoms with Crippen LogP contribution in [0.3, 0.4) is 0 Å². The van der Waals surface area contributed by atoms with E-state index in [4.69, 9.17) is 10.5 Å². The summed E-state index contributed by atoms with van der Waals surface area (Å²) in [5, 5.41) is 4.56. The number of amides is 3. The van der Waals surface area contributed by atoms with Crippen molar-refractivity contribution in [3.05, 3.63) is 0 Å². The molecule has 114 valence electrons. The largest absolute Gasteiger partial charge is 0.458 e. The predicted molar refractivity (Wildman–Crippen MR) is 70.3 cm³/mol. The monoisotopic (exact) mass is 287 g/mol. The van der Waals surface area contributed by atoms with Crippen LogP contribution in [0.2, 0.25) is 0 Å². The average molecular weight is 287 g/mol. The number of carbonyl (C=O) groups is 4. The van der Waals surface area contributed by atoms with Gasteiger partial charge in [0.1, 0.15) is 11.6 Å². The molecule has 0 saturated carbocycles. The smallest absolute Gasteiger partial charge is 0.329 e. The Morgan fingerprint density at radius 3 is 2.35 bits per heavy atom. The van der Waals surface area contributed by atoms with Crippen molar-refractivity contribution in [1.29, 1.82) is 0 Å². The molecule has 0 bridgehead atoms. The summed E-state index contributed by atoms with van der Waals surface area (Å²) in [5.41, 5.74) is 4.30. The summed E-state index contributed by atoms with van der Waals surface area (Å²) in [6.45, 7) is 4.79. The topological polar surface area (TPSA) is 128 Å². The summed E-state index contributed by atoms with van der Waals surface area (Å²) in [6, 6.07) is -0.984. The van der Waals surface area contributed by atoms with Crippen LogP contribution in [-0.2, 0) is 23.9 Å². The van der Waals surface area contributed by atoms with Crippen LogP contribution in [0, 0.1) is 0 Å². The summed E-state index contributed by atoms with van der Waals surface area (Å²) in [7, 11) is 0. The Morgan fingerprint density at radius 2 is 1.90 bits per heavy atom. The standard InChI is InChI=1S/C12H21N3O5/c1-12(2,3)20-11(19)8(4-5-9(13)17)15-10(18)6-14-7-16/h7-8H,4-6H2,1-3H3,(H2,13,17)(H,14,16)(H,15,18). The molecule has 0 radical (unpaired) electrons. The number of hydrogen-bond donors (Lipinski definition) is 3. The van der Waals surface area contributed by atoms with E-state index in [0.717, 1.165) is 0 Å². The van der Waals surface area contributed by atoms with Crippen LogP contribution in [0.1, 0.15) is 33.6 Å². The van der Waals surface area contributed by atoms with Gasteiger partial charge in [-0.25, -0.2) is 4.79 Å². The van der Waals surface area contributed by atoms with Gasteiger partial charge in [-0.2, -0.15) is 0 Å². The van der Waals surface area contributed by atoms with Crippen molar-refractivity contribution in [3.8, 4) is 0 Å². The normalized spacial score (nSPS) is 12.2. The highest BCUT2D eigenvalue weighted by Crippen LogP contribution is 2.10. The molecule has 0 aliphatic rings. The lowest BCUT2D eigenvalue weighted by Gasteiger charge is -2.24. The molecular weight excluding hydrogens is 266 g/mol. The van der Waals surface area contributed by atoms with Crippen molar-refractivity contribution >= 4 is 24.2 Å². The fourth-order valence-corrected chi connectivity index (χ4v) is 1.29. The van der Waals surface area contributed by atoms with Gasteiger partial charge in [0.2, 0.25) is 18.2 Å². The minimum Gasteiger partial charge on any atom is -0.458 e. The molecule has 0 fully saturated rings. The Labute approximate surface area is 117 Å². The van der Waals surface area contributed by atoms with Crippen LogP contribution >= 0.6 is 0 Å². The molecule has 0 aromatic heterocycles. The minimum absolute atomic E-state index is 0.0388. The molecule has 1 atom stereocenters. The molecule has 0 aromatic rings. The van der Waals surface area contributed by atoms with Gasteiger partial charge in [-0.1, -0.05) is 0 Å². The molecule has 0 saturated heterocycles. The molecule has 0 aromatic carbocycles. The Morgan fingerprint density at radius 1 is 1.30 bits per heavy atom. The predicted octanol–water partition coefficient (Wildman–Crippen LogP) is -1.18. The van der Waals surface area contributed by atoms with Crippen molar-refractivity contribution in [2.24, 2.45) is 5.73 Å². The zero-order chi connectivity index (χ0) is 15.8. The first-order valence-electron chi connectivity index (χ1n) is 6.13. The molecule has 0 rings (SSSR count). The van der Waals surface area contributed by atoms with Crippen LogP contribution in [-0.4, -0.2) is 42.4 Å². The Balaban J connectivity index is 4.62. The number of esters is 1. The Kier molecular flexibility index (Phi) is 7.27. The second-order valence-electron chi connectivity index (χ2n) is 5.16. The van der Waals surface area contributed by atoms with Crippen molar-refractivity contribution in [2.45, 2.75) is 45.3 Å². The van der Waals surface area contributed by atoms with Crippen molar-refractivity contribution in [1.82, 2.24) is 10.6 Å². The second-order valence-corrected chi connectivity index (χ2v) is 5.16. The second kappa shape index (κ2) is 8.13. The van der Waals surface area contributed by atoms with E-state index >= 15 is 0 Å². The van der Waals surface area contributed by atoms with E-state index in [1.54, 1.807) is 20.8 Å². The average Bonchev–Trinajstić information content (AvgIpc) is 2.29.